The molecule has 0 fully saturated rings. The molecule has 0 aromatic heterocycles. The maximum Gasteiger partial charge on any atom is 0.256 e. The van der Waals surface area contributed by atoms with E-state index in [2.05, 4.69) is 30.5 Å². The average Bonchev–Trinajstić information content (AvgIpc) is 2.94. The van der Waals surface area contributed by atoms with Crippen LogP contribution in [0, 0.1) is 0 Å². The van der Waals surface area contributed by atoms with Crippen molar-refractivity contribution in [2.24, 2.45) is 0 Å². The first-order valence-corrected chi connectivity index (χ1v) is 7.85. The largest absolute Gasteiger partial charge is 0.322 e. The fraction of sp³-hybridized carbons (Fsp3) is 0.278. The Labute approximate surface area is 135 Å². The fourth-order valence-corrected chi connectivity index (χ4v) is 2.97. The summed E-state index contributed by atoms with van der Waals surface area (Å²) in [6.07, 6.45) is 0. The number of benzene rings is 2. The van der Waals surface area contributed by atoms with Gasteiger partial charge in [0.05, 0.1) is 0 Å². The number of halogens is 1. The van der Waals surface area contributed by atoms with Gasteiger partial charge in [-0.25, -0.2) is 0 Å². The van der Waals surface area contributed by atoms with E-state index < -0.39 is 0 Å². The van der Waals surface area contributed by atoms with Crippen molar-refractivity contribution in [1.29, 1.82) is 0 Å². The van der Waals surface area contributed by atoms with Crippen LogP contribution in [0.1, 0.15) is 46.8 Å². The number of nitrogens with one attached hydrogen (secondary N) is 2. The van der Waals surface area contributed by atoms with E-state index in [1.807, 2.05) is 24.3 Å². The molecule has 2 aromatic carbocycles. The maximum atomic E-state index is 12.6. The lowest BCUT2D eigenvalue weighted by molar-refractivity contribution is 0.102. The van der Waals surface area contributed by atoms with Crippen LogP contribution >= 0.6 is 11.6 Å². The van der Waals surface area contributed by atoms with Crippen LogP contribution in [0.25, 0.3) is 0 Å². The first kappa shape index (κ1) is 15.1. The predicted octanol–water partition coefficient (Wildman–Crippen LogP) is 4.32. The summed E-state index contributed by atoms with van der Waals surface area (Å²) >= 11 is 6.06. The number of hydrogen-bond acceptors (Lipinski definition) is 2. The van der Waals surface area contributed by atoms with E-state index in [-0.39, 0.29) is 11.8 Å². The standard InChI is InChI=1S/C18H19ClN2O/c1-11(2)16-6-4-14(19)8-17(16)18(22)21-15-5-3-12-9-20-10-13(12)7-15/h3-8,11,20H,9-10H2,1-2H3,(H,21,22). The molecule has 0 aliphatic carbocycles. The first-order chi connectivity index (χ1) is 10.5. The molecule has 1 aliphatic rings. The molecule has 22 heavy (non-hydrogen) atoms. The summed E-state index contributed by atoms with van der Waals surface area (Å²) in [6, 6.07) is 11.5. The fourth-order valence-electron chi connectivity index (χ4n) is 2.80. The van der Waals surface area contributed by atoms with Crippen molar-refractivity contribution in [2.45, 2.75) is 32.9 Å². The molecule has 0 saturated carbocycles. The van der Waals surface area contributed by atoms with Gasteiger partial charge in [0, 0.05) is 29.4 Å². The molecule has 114 valence electrons. The third kappa shape index (κ3) is 3.01. The molecule has 2 N–H and O–H groups in total. The molecule has 3 rings (SSSR count). The Morgan fingerprint density at radius 3 is 2.68 bits per heavy atom. The van der Waals surface area contributed by atoms with Gasteiger partial charge in [0.2, 0.25) is 0 Å². The number of anilines is 1. The zero-order valence-electron chi connectivity index (χ0n) is 12.7. The van der Waals surface area contributed by atoms with E-state index in [1.54, 1.807) is 6.07 Å². The predicted molar refractivity (Wildman–Crippen MR) is 90.5 cm³/mol. The Morgan fingerprint density at radius 1 is 1.14 bits per heavy atom. The van der Waals surface area contributed by atoms with Gasteiger partial charge in [0.15, 0.2) is 0 Å². The Hall–Kier alpha value is -1.84. The minimum absolute atomic E-state index is 0.114. The number of amides is 1. The van der Waals surface area contributed by atoms with E-state index in [9.17, 15) is 4.79 Å². The van der Waals surface area contributed by atoms with Gasteiger partial charge in [-0.3, -0.25) is 4.79 Å². The van der Waals surface area contributed by atoms with Crippen molar-refractivity contribution in [3.63, 3.8) is 0 Å². The Morgan fingerprint density at radius 2 is 1.91 bits per heavy atom. The highest BCUT2D eigenvalue weighted by Crippen LogP contribution is 2.25. The molecular formula is C18H19ClN2O. The lowest BCUT2D eigenvalue weighted by Gasteiger charge is -2.14. The maximum absolute atomic E-state index is 12.6. The van der Waals surface area contributed by atoms with Gasteiger partial charge in [0.25, 0.3) is 5.91 Å². The van der Waals surface area contributed by atoms with Crippen LogP contribution in [-0.2, 0) is 13.1 Å². The zero-order chi connectivity index (χ0) is 15.7. The summed E-state index contributed by atoms with van der Waals surface area (Å²) in [7, 11) is 0. The Bertz CT molecular complexity index is 725. The van der Waals surface area contributed by atoms with Crippen LogP contribution in [-0.4, -0.2) is 5.91 Å². The Kier molecular flexibility index (Phi) is 4.19. The quantitative estimate of drug-likeness (QED) is 0.886. The third-order valence-electron chi connectivity index (χ3n) is 3.98. The second kappa shape index (κ2) is 6.11. The Balaban J connectivity index is 1.87. The summed E-state index contributed by atoms with van der Waals surface area (Å²) in [4.78, 5) is 12.6. The highest BCUT2D eigenvalue weighted by atomic mass is 35.5. The van der Waals surface area contributed by atoms with Crippen LogP contribution in [0.3, 0.4) is 0 Å². The van der Waals surface area contributed by atoms with Gasteiger partial charge in [-0.1, -0.05) is 37.6 Å². The lowest BCUT2D eigenvalue weighted by Crippen LogP contribution is -2.15. The summed E-state index contributed by atoms with van der Waals surface area (Å²) in [5.74, 6) is 0.152. The minimum Gasteiger partial charge on any atom is -0.322 e. The van der Waals surface area contributed by atoms with Gasteiger partial charge >= 0.3 is 0 Å². The second-order valence-electron chi connectivity index (χ2n) is 5.93. The van der Waals surface area contributed by atoms with Crippen molar-refractivity contribution >= 4 is 23.2 Å². The summed E-state index contributed by atoms with van der Waals surface area (Å²) in [6.45, 7) is 5.89. The molecule has 1 aliphatic heterocycles. The minimum atomic E-state index is -0.114. The number of fused-ring (bicyclic) bond motifs is 1. The molecule has 0 spiro atoms. The first-order valence-electron chi connectivity index (χ1n) is 7.48. The lowest BCUT2D eigenvalue weighted by atomic mass is 9.96. The highest BCUT2D eigenvalue weighted by molar-refractivity contribution is 6.31. The van der Waals surface area contributed by atoms with Crippen molar-refractivity contribution in [1.82, 2.24) is 5.32 Å². The molecular weight excluding hydrogens is 296 g/mol. The summed E-state index contributed by atoms with van der Waals surface area (Å²) in [5, 5.41) is 6.86. The van der Waals surface area contributed by atoms with E-state index in [4.69, 9.17) is 11.6 Å². The monoisotopic (exact) mass is 314 g/mol. The number of carbonyl (C=O) groups excluding carboxylic acids is 1. The summed E-state index contributed by atoms with van der Waals surface area (Å²) < 4.78 is 0. The van der Waals surface area contributed by atoms with Crippen molar-refractivity contribution in [3.8, 4) is 0 Å². The highest BCUT2D eigenvalue weighted by Gasteiger charge is 2.16. The van der Waals surface area contributed by atoms with Crippen molar-refractivity contribution < 1.29 is 4.79 Å². The molecule has 4 heteroatoms. The van der Waals surface area contributed by atoms with Gasteiger partial charge in [-0.2, -0.15) is 0 Å². The average molecular weight is 315 g/mol. The van der Waals surface area contributed by atoms with E-state index >= 15 is 0 Å². The molecule has 1 heterocycles. The molecule has 0 atom stereocenters. The number of rotatable bonds is 3. The smallest absolute Gasteiger partial charge is 0.256 e. The summed E-state index contributed by atoms with van der Waals surface area (Å²) in [5.41, 5.74) is 5.00. The molecule has 0 saturated heterocycles. The number of carbonyl (C=O) groups is 1. The molecule has 3 nitrogen and oxygen atoms in total. The third-order valence-corrected chi connectivity index (χ3v) is 4.21. The van der Waals surface area contributed by atoms with Crippen LogP contribution in [0.2, 0.25) is 5.02 Å². The van der Waals surface area contributed by atoms with E-state index in [0.717, 1.165) is 24.3 Å². The normalized spacial score (nSPS) is 13.3. The van der Waals surface area contributed by atoms with Crippen LogP contribution in [0.4, 0.5) is 5.69 Å². The number of hydrogen-bond donors (Lipinski definition) is 2. The van der Waals surface area contributed by atoms with Gasteiger partial charge in [-0.15, -0.1) is 0 Å². The molecule has 2 aromatic rings. The van der Waals surface area contributed by atoms with Gasteiger partial charge in [0.1, 0.15) is 0 Å². The van der Waals surface area contributed by atoms with E-state index in [0.29, 0.717) is 10.6 Å². The molecule has 0 radical (unpaired) electrons. The second-order valence-corrected chi connectivity index (χ2v) is 6.36. The van der Waals surface area contributed by atoms with Crippen LogP contribution < -0.4 is 10.6 Å². The van der Waals surface area contributed by atoms with Crippen LogP contribution in [0.5, 0.6) is 0 Å². The zero-order valence-corrected chi connectivity index (χ0v) is 13.5. The van der Waals surface area contributed by atoms with Gasteiger partial charge < -0.3 is 10.6 Å². The van der Waals surface area contributed by atoms with Crippen molar-refractivity contribution in [2.75, 3.05) is 5.32 Å². The SMILES string of the molecule is CC(C)c1ccc(Cl)cc1C(=O)Nc1ccc2c(c1)CNC2. The molecule has 0 unspecified atom stereocenters. The topological polar surface area (TPSA) is 41.1 Å². The van der Waals surface area contributed by atoms with E-state index in [1.165, 1.54) is 11.1 Å². The van der Waals surface area contributed by atoms with Crippen molar-refractivity contribution in [3.05, 3.63) is 63.7 Å². The molecule has 1 amide bonds. The van der Waals surface area contributed by atoms with Crippen LogP contribution in [0.15, 0.2) is 36.4 Å². The molecule has 0 bridgehead atoms. The van der Waals surface area contributed by atoms with Gasteiger partial charge in [-0.05, 0) is 46.9 Å².